The van der Waals surface area contributed by atoms with E-state index in [2.05, 4.69) is 4.18 Å². The maximum absolute atomic E-state index is 13.7. The highest BCUT2D eigenvalue weighted by Crippen LogP contribution is 2.26. The van der Waals surface area contributed by atoms with E-state index in [9.17, 15) is 12.8 Å². The molecule has 108 valence electrons. The third-order valence-corrected chi connectivity index (χ3v) is 2.86. The van der Waals surface area contributed by atoms with E-state index in [0.29, 0.717) is 0 Å². The SMILES string of the molecule is COCOC(c1ccccc1F)C(C)OS(N)(=O)=O. The first-order chi connectivity index (χ1) is 8.85. The second-order valence-electron chi connectivity index (χ2n) is 3.81. The summed E-state index contributed by atoms with van der Waals surface area (Å²) in [5, 5.41) is 4.79. The molecule has 0 heterocycles. The maximum Gasteiger partial charge on any atom is 0.333 e. The predicted molar refractivity (Wildman–Crippen MR) is 65.8 cm³/mol. The van der Waals surface area contributed by atoms with E-state index in [1.54, 1.807) is 6.07 Å². The molecule has 0 spiro atoms. The highest BCUT2D eigenvalue weighted by Gasteiger charge is 2.26. The van der Waals surface area contributed by atoms with Crippen LogP contribution in [0.4, 0.5) is 4.39 Å². The minimum atomic E-state index is -4.16. The number of ether oxygens (including phenoxy) is 2. The van der Waals surface area contributed by atoms with Crippen LogP contribution in [0.5, 0.6) is 0 Å². The second-order valence-corrected chi connectivity index (χ2v) is 4.99. The Bertz CT molecular complexity index is 508. The van der Waals surface area contributed by atoms with E-state index >= 15 is 0 Å². The Hall–Kier alpha value is -1.06. The van der Waals surface area contributed by atoms with Crippen LogP contribution in [0.15, 0.2) is 24.3 Å². The van der Waals surface area contributed by atoms with Crippen molar-refractivity contribution >= 4 is 10.3 Å². The van der Waals surface area contributed by atoms with E-state index in [0.717, 1.165) is 0 Å². The van der Waals surface area contributed by atoms with Crippen molar-refractivity contribution in [1.29, 1.82) is 0 Å². The maximum atomic E-state index is 13.7. The largest absolute Gasteiger partial charge is 0.359 e. The van der Waals surface area contributed by atoms with Crippen LogP contribution in [0.25, 0.3) is 0 Å². The molecule has 0 aliphatic rings. The van der Waals surface area contributed by atoms with Crippen LogP contribution in [0, 0.1) is 5.82 Å². The summed E-state index contributed by atoms with van der Waals surface area (Å²) in [5.74, 6) is -0.534. The van der Waals surface area contributed by atoms with Crippen molar-refractivity contribution in [2.24, 2.45) is 5.14 Å². The summed E-state index contributed by atoms with van der Waals surface area (Å²) in [7, 11) is -2.77. The third kappa shape index (κ3) is 5.21. The molecular weight excluding hydrogens is 277 g/mol. The molecule has 0 saturated heterocycles. The molecule has 0 aliphatic heterocycles. The number of nitrogens with two attached hydrogens (primary N) is 1. The van der Waals surface area contributed by atoms with Gasteiger partial charge in [-0.2, -0.15) is 8.42 Å². The minimum absolute atomic E-state index is 0.142. The van der Waals surface area contributed by atoms with Gasteiger partial charge in [0.1, 0.15) is 24.8 Å². The van der Waals surface area contributed by atoms with Gasteiger partial charge in [-0.25, -0.2) is 9.53 Å². The third-order valence-electron chi connectivity index (χ3n) is 2.29. The monoisotopic (exact) mass is 293 g/mol. The molecular formula is C11H16FNO5S. The average Bonchev–Trinajstić information content (AvgIpc) is 2.29. The summed E-state index contributed by atoms with van der Waals surface area (Å²) < 4.78 is 50.1. The summed E-state index contributed by atoms with van der Waals surface area (Å²) in [6.45, 7) is 1.27. The zero-order valence-electron chi connectivity index (χ0n) is 10.6. The zero-order valence-corrected chi connectivity index (χ0v) is 11.4. The number of benzene rings is 1. The molecule has 0 bridgehead atoms. The summed E-state index contributed by atoms with van der Waals surface area (Å²) in [5.41, 5.74) is 0.163. The number of halogens is 1. The standard InChI is InChI=1S/C11H16FNO5S/c1-8(18-19(13,14)15)11(17-7-16-2)9-5-3-4-6-10(9)12/h3-6,8,11H,7H2,1-2H3,(H2,13,14,15). The van der Waals surface area contributed by atoms with Crippen LogP contribution >= 0.6 is 0 Å². The van der Waals surface area contributed by atoms with Gasteiger partial charge in [0.15, 0.2) is 0 Å². The number of hydrogen-bond acceptors (Lipinski definition) is 5. The number of rotatable bonds is 7. The normalized spacial score (nSPS) is 15.2. The Morgan fingerprint density at radius 3 is 2.53 bits per heavy atom. The average molecular weight is 293 g/mol. The zero-order chi connectivity index (χ0) is 14.5. The Morgan fingerprint density at radius 2 is 2.00 bits per heavy atom. The first-order valence-electron chi connectivity index (χ1n) is 5.41. The molecule has 0 fully saturated rings. The molecule has 0 radical (unpaired) electrons. The molecule has 2 N–H and O–H groups in total. The van der Waals surface area contributed by atoms with Crippen LogP contribution in [-0.2, 0) is 24.0 Å². The lowest BCUT2D eigenvalue weighted by Crippen LogP contribution is -2.29. The van der Waals surface area contributed by atoms with Crippen LogP contribution in [0.1, 0.15) is 18.6 Å². The van der Waals surface area contributed by atoms with E-state index in [1.807, 2.05) is 0 Å². The van der Waals surface area contributed by atoms with Gasteiger partial charge in [-0.3, -0.25) is 4.18 Å². The van der Waals surface area contributed by atoms with Gasteiger partial charge in [0.2, 0.25) is 0 Å². The van der Waals surface area contributed by atoms with Gasteiger partial charge in [0, 0.05) is 12.7 Å². The molecule has 2 atom stereocenters. The lowest BCUT2D eigenvalue weighted by Gasteiger charge is -2.23. The fourth-order valence-electron chi connectivity index (χ4n) is 1.59. The van der Waals surface area contributed by atoms with Gasteiger partial charge in [-0.05, 0) is 13.0 Å². The Morgan fingerprint density at radius 1 is 1.37 bits per heavy atom. The predicted octanol–water partition coefficient (Wildman–Crippen LogP) is 1.10. The van der Waals surface area contributed by atoms with E-state index in [-0.39, 0.29) is 12.4 Å². The Balaban J connectivity index is 2.97. The van der Waals surface area contributed by atoms with Crippen molar-refractivity contribution in [1.82, 2.24) is 0 Å². The molecule has 8 heteroatoms. The summed E-state index contributed by atoms with van der Waals surface area (Å²) in [6, 6.07) is 5.82. The number of methoxy groups -OCH3 is 1. The van der Waals surface area contributed by atoms with Crippen molar-refractivity contribution in [2.45, 2.75) is 19.1 Å². The lowest BCUT2D eigenvalue weighted by atomic mass is 10.0. The van der Waals surface area contributed by atoms with Gasteiger partial charge in [-0.15, -0.1) is 0 Å². The lowest BCUT2D eigenvalue weighted by molar-refractivity contribution is -0.105. The molecule has 0 amide bonds. The van der Waals surface area contributed by atoms with Gasteiger partial charge >= 0.3 is 10.3 Å². The van der Waals surface area contributed by atoms with Crippen LogP contribution < -0.4 is 5.14 Å². The topological polar surface area (TPSA) is 87.8 Å². The van der Waals surface area contributed by atoms with Gasteiger partial charge in [0.05, 0.1) is 0 Å². The molecule has 0 aromatic heterocycles. The minimum Gasteiger partial charge on any atom is -0.359 e. The highest BCUT2D eigenvalue weighted by molar-refractivity contribution is 7.84. The van der Waals surface area contributed by atoms with Crippen LogP contribution in [0.3, 0.4) is 0 Å². The summed E-state index contributed by atoms with van der Waals surface area (Å²) >= 11 is 0. The van der Waals surface area contributed by atoms with Crippen LogP contribution in [-0.4, -0.2) is 28.4 Å². The molecule has 1 aromatic rings. The quantitative estimate of drug-likeness (QED) is 0.760. The first-order valence-corrected chi connectivity index (χ1v) is 6.88. The van der Waals surface area contributed by atoms with Crippen molar-refractivity contribution in [3.05, 3.63) is 35.6 Å². The van der Waals surface area contributed by atoms with E-state index in [4.69, 9.17) is 14.6 Å². The van der Waals surface area contributed by atoms with Crippen LogP contribution in [0.2, 0.25) is 0 Å². The van der Waals surface area contributed by atoms with Crippen molar-refractivity contribution in [3.8, 4) is 0 Å². The number of hydrogen-bond donors (Lipinski definition) is 1. The highest BCUT2D eigenvalue weighted by atomic mass is 32.2. The van der Waals surface area contributed by atoms with E-state index < -0.39 is 28.3 Å². The smallest absolute Gasteiger partial charge is 0.333 e. The fraction of sp³-hybridized carbons (Fsp3) is 0.455. The summed E-state index contributed by atoms with van der Waals surface area (Å²) in [4.78, 5) is 0. The molecule has 1 aromatic carbocycles. The van der Waals surface area contributed by atoms with Crippen molar-refractivity contribution < 1.29 is 26.5 Å². The van der Waals surface area contributed by atoms with Gasteiger partial charge in [-0.1, -0.05) is 18.2 Å². The molecule has 2 unspecified atom stereocenters. The van der Waals surface area contributed by atoms with Crippen molar-refractivity contribution in [3.63, 3.8) is 0 Å². The molecule has 0 saturated carbocycles. The second kappa shape index (κ2) is 6.92. The molecule has 19 heavy (non-hydrogen) atoms. The van der Waals surface area contributed by atoms with Gasteiger partial charge < -0.3 is 9.47 Å². The van der Waals surface area contributed by atoms with Crippen molar-refractivity contribution in [2.75, 3.05) is 13.9 Å². The first kappa shape index (κ1) is 16.0. The molecule has 1 rings (SSSR count). The summed E-state index contributed by atoms with van der Waals surface area (Å²) in [6.07, 6.45) is -1.96. The Kier molecular flexibility index (Phi) is 5.83. The molecule has 6 nitrogen and oxygen atoms in total. The Labute approximate surface area is 111 Å². The van der Waals surface area contributed by atoms with Gasteiger partial charge in [0.25, 0.3) is 0 Å². The van der Waals surface area contributed by atoms with E-state index in [1.165, 1.54) is 32.2 Å². The fourth-order valence-corrected chi connectivity index (χ4v) is 2.11. The molecule has 0 aliphatic carbocycles.